The molecule has 3 nitrogen and oxygen atoms in total. The lowest BCUT2D eigenvalue weighted by Crippen LogP contribution is -2.34. The minimum atomic E-state index is -0.339. The molecule has 1 aliphatic carbocycles. The second-order valence-corrected chi connectivity index (χ2v) is 5.36. The van der Waals surface area contributed by atoms with Gasteiger partial charge in [-0.1, -0.05) is 12.8 Å². The molecular weight excluding hydrogens is 214 g/mol. The molecule has 0 unspecified atom stereocenters. The van der Waals surface area contributed by atoms with E-state index in [-0.39, 0.29) is 5.54 Å². The molecule has 1 fully saturated rings. The van der Waals surface area contributed by atoms with E-state index >= 15 is 0 Å². The van der Waals surface area contributed by atoms with Crippen molar-refractivity contribution in [3.05, 3.63) is 22.8 Å². The highest BCUT2D eigenvalue weighted by Crippen LogP contribution is 2.47. The van der Waals surface area contributed by atoms with Gasteiger partial charge in [-0.15, -0.1) is 0 Å². The summed E-state index contributed by atoms with van der Waals surface area (Å²) in [5.74, 6) is 1.31. The zero-order valence-corrected chi connectivity index (χ0v) is 10.3. The van der Waals surface area contributed by atoms with Gasteiger partial charge < -0.3 is 15.6 Å². The Morgan fingerprint density at radius 1 is 1.35 bits per heavy atom. The summed E-state index contributed by atoms with van der Waals surface area (Å²) in [6, 6.07) is 1.93. The minimum Gasteiger partial charge on any atom is -0.507 e. The van der Waals surface area contributed by atoms with Crippen LogP contribution < -0.4 is 10.5 Å². The van der Waals surface area contributed by atoms with Crippen LogP contribution in [-0.2, 0) is 12.0 Å². The van der Waals surface area contributed by atoms with Crippen molar-refractivity contribution in [2.24, 2.45) is 5.73 Å². The van der Waals surface area contributed by atoms with E-state index in [1.165, 1.54) is 0 Å². The van der Waals surface area contributed by atoms with Gasteiger partial charge in [-0.25, -0.2) is 0 Å². The number of hydrogen-bond acceptors (Lipinski definition) is 3. The smallest absolute Gasteiger partial charge is 0.124 e. The van der Waals surface area contributed by atoms with Crippen molar-refractivity contribution in [2.75, 3.05) is 6.61 Å². The maximum Gasteiger partial charge on any atom is 0.124 e. The minimum absolute atomic E-state index is 0.339. The van der Waals surface area contributed by atoms with Crippen molar-refractivity contribution < 1.29 is 9.84 Å². The summed E-state index contributed by atoms with van der Waals surface area (Å²) in [7, 11) is 0. The number of aromatic hydroxyl groups is 1. The number of hydrogen-bond donors (Lipinski definition) is 2. The van der Waals surface area contributed by atoms with Crippen LogP contribution in [0.4, 0.5) is 0 Å². The normalized spacial score (nSPS) is 21.3. The van der Waals surface area contributed by atoms with Crippen LogP contribution in [0.2, 0.25) is 0 Å². The lowest BCUT2D eigenvalue weighted by molar-refractivity contribution is 0.356. The standard InChI is InChI=1S/C14H19NO2/c1-9-8-11-10(4-7-17-11)12(13(9)16)14(15)5-2-3-6-14/h8,16H,2-7,15H2,1H3. The van der Waals surface area contributed by atoms with Crippen molar-refractivity contribution in [1.29, 1.82) is 0 Å². The molecule has 3 heteroatoms. The maximum atomic E-state index is 10.4. The Morgan fingerprint density at radius 3 is 2.76 bits per heavy atom. The van der Waals surface area contributed by atoms with Crippen molar-refractivity contribution in [3.8, 4) is 11.5 Å². The highest BCUT2D eigenvalue weighted by atomic mass is 16.5. The van der Waals surface area contributed by atoms with E-state index in [0.717, 1.165) is 54.5 Å². The number of ether oxygens (including phenoxy) is 1. The van der Waals surface area contributed by atoms with E-state index < -0.39 is 0 Å². The average molecular weight is 233 g/mol. The van der Waals surface area contributed by atoms with Crippen molar-refractivity contribution in [3.63, 3.8) is 0 Å². The van der Waals surface area contributed by atoms with Gasteiger partial charge in [0.15, 0.2) is 0 Å². The molecule has 0 radical (unpaired) electrons. The molecular formula is C14H19NO2. The zero-order chi connectivity index (χ0) is 12.0. The molecule has 0 atom stereocenters. The van der Waals surface area contributed by atoms with Gasteiger partial charge in [0.2, 0.25) is 0 Å². The van der Waals surface area contributed by atoms with Crippen molar-refractivity contribution in [2.45, 2.75) is 44.6 Å². The number of phenolic OH excluding ortho intramolecular Hbond substituents is 1. The van der Waals surface area contributed by atoms with Crippen LogP contribution in [0.15, 0.2) is 6.07 Å². The highest BCUT2D eigenvalue weighted by molar-refractivity contribution is 5.57. The molecule has 3 N–H and O–H groups in total. The van der Waals surface area contributed by atoms with Gasteiger partial charge in [0.25, 0.3) is 0 Å². The Labute approximate surface area is 102 Å². The summed E-state index contributed by atoms with van der Waals surface area (Å²) in [5, 5.41) is 10.4. The van der Waals surface area contributed by atoms with Crippen molar-refractivity contribution >= 4 is 0 Å². The second kappa shape index (κ2) is 3.64. The number of rotatable bonds is 1. The molecule has 0 amide bonds. The predicted octanol–water partition coefficient (Wildman–Crippen LogP) is 2.36. The number of phenols is 1. The third-order valence-electron chi connectivity index (χ3n) is 4.16. The van der Waals surface area contributed by atoms with E-state index in [9.17, 15) is 5.11 Å². The lowest BCUT2D eigenvalue weighted by Gasteiger charge is -2.28. The van der Waals surface area contributed by atoms with Crippen LogP contribution in [0.25, 0.3) is 0 Å². The third kappa shape index (κ3) is 1.53. The van der Waals surface area contributed by atoms with Gasteiger partial charge in [-0.2, -0.15) is 0 Å². The van der Waals surface area contributed by atoms with E-state index in [1.54, 1.807) is 0 Å². The van der Waals surface area contributed by atoms with Gasteiger partial charge in [0, 0.05) is 23.1 Å². The summed E-state index contributed by atoms with van der Waals surface area (Å²) in [6.45, 7) is 2.63. The number of fused-ring (bicyclic) bond motifs is 1. The predicted molar refractivity (Wildman–Crippen MR) is 66.4 cm³/mol. The Balaban J connectivity index is 2.21. The van der Waals surface area contributed by atoms with Gasteiger partial charge >= 0.3 is 0 Å². The van der Waals surface area contributed by atoms with E-state index in [0.29, 0.717) is 12.4 Å². The van der Waals surface area contributed by atoms with E-state index in [2.05, 4.69) is 0 Å². The molecule has 1 aromatic rings. The molecule has 0 saturated heterocycles. The molecule has 1 aromatic carbocycles. The van der Waals surface area contributed by atoms with Crippen LogP contribution in [-0.4, -0.2) is 11.7 Å². The van der Waals surface area contributed by atoms with Crippen LogP contribution in [0.5, 0.6) is 11.5 Å². The van der Waals surface area contributed by atoms with Gasteiger partial charge in [0.1, 0.15) is 11.5 Å². The Hall–Kier alpha value is -1.22. The first kappa shape index (κ1) is 10.9. The average Bonchev–Trinajstić information content (AvgIpc) is 2.89. The summed E-state index contributed by atoms with van der Waals surface area (Å²) < 4.78 is 5.61. The van der Waals surface area contributed by atoms with Gasteiger partial charge in [-0.3, -0.25) is 0 Å². The Bertz CT molecular complexity index is 462. The third-order valence-corrected chi connectivity index (χ3v) is 4.16. The highest BCUT2D eigenvalue weighted by Gasteiger charge is 2.38. The first-order chi connectivity index (χ1) is 8.12. The van der Waals surface area contributed by atoms with E-state index in [1.807, 2.05) is 13.0 Å². The van der Waals surface area contributed by atoms with E-state index in [4.69, 9.17) is 10.5 Å². The molecule has 17 heavy (non-hydrogen) atoms. The summed E-state index contributed by atoms with van der Waals surface area (Å²) in [5.41, 5.74) is 9.14. The Morgan fingerprint density at radius 2 is 2.06 bits per heavy atom. The topological polar surface area (TPSA) is 55.5 Å². The molecule has 92 valence electrons. The van der Waals surface area contributed by atoms with Crippen LogP contribution in [0.1, 0.15) is 42.4 Å². The number of nitrogens with two attached hydrogens (primary N) is 1. The SMILES string of the molecule is Cc1cc2c(c(C3(N)CCCC3)c1O)CCO2. The Kier molecular flexibility index (Phi) is 2.33. The fourth-order valence-corrected chi connectivity index (χ4v) is 3.25. The molecule has 0 aromatic heterocycles. The fraction of sp³-hybridized carbons (Fsp3) is 0.571. The van der Waals surface area contributed by atoms with Gasteiger partial charge in [-0.05, 0) is 31.4 Å². The quantitative estimate of drug-likeness (QED) is 0.783. The monoisotopic (exact) mass is 233 g/mol. The van der Waals surface area contributed by atoms with Crippen LogP contribution in [0, 0.1) is 6.92 Å². The summed E-state index contributed by atoms with van der Waals surface area (Å²) in [4.78, 5) is 0. The molecule has 1 heterocycles. The zero-order valence-electron chi connectivity index (χ0n) is 10.3. The molecule has 2 aliphatic rings. The molecule has 0 bridgehead atoms. The van der Waals surface area contributed by atoms with Crippen molar-refractivity contribution in [1.82, 2.24) is 0 Å². The summed E-state index contributed by atoms with van der Waals surface area (Å²) in [6.07, 6.45) is 5.11. The largest absolute Gasteiger partial charge is 0.507 e. The second-order valence-electron chi connectivity index (χ2n) is 5.36. The molecule has 1 saturated carbocycles. The lowest BCUT2D eigenvalue weighted by atomic mass is 9.83. The number of benzene rings is 1. The fourth-order valence-electron chi connectivity index (χ4n) is 3.25. The van der Waals surface area contributed by atoms with Crippen LogP contribution in [0.3, 0.4) is 0 Å². The maximum absolute atomic E-state index is 10.4. The first-order valence-electron chi connectivity index (χ1n) is 6.39. The van der Waals surface area contributed by atoms with Gasteiger partial charge in [0.05, 0.1) is 6.61 Å². The summed E-state index contributed by atoms with van der Waals surface area (Å²) >= 11 is 0. The molecule has 0 spiro atoms. The molecule has 3 rings (SSSR count). The first-order valence-corrected chi connectivity index (χ1v) is 6.39. The number of aryl methyl sites for hydroxylation is 1. The van der Waals surface area contributed by atoms with Crippen LogP contribution >= 0.6 is 0 Å². The molecule has 1 aliphatic heterocycles.